The molecule has 0 aliphatic carbocycles. The van der Waals surface area contributed by atoms with Crippen molar-refractivity contribution in [2.24, 2.45) is 0 Å². The average molecular weight is 198 g/mol. The molecule has 2 unspecified atom stereocenters. The Kier molecular flexibility index (Phi) is 5.49. The third kappa shape index (κ3) is 3.97. The van der Waals surface area contributed by atoms with E-state index in [0.29, 0.717) is 6.04 Å². The van der Waals surface area contributed by atoms with Crippen LogP contribution in [0.3, 0.4) is 0 Å². The summed E-state index contributed by atoms with van der Waals surface area (Å²) in [6, 6.07) is 1.40. The van der Waals surface area contributed by atoms with Gasteiger partial charge in [-0.05, 0) is 46.2 Å². The third-order valence-corrected chi connectivity index (χ3v) is 3.25. The Balaban J connectivity index is 2.10. The predicted octanol–water partition coefficient (Wildman–Crippen LogP) is 2.25. The van der Waals surface area contributed by atoms with E-state index in [2.05, 4.69) is 31.0 Å². The lowest BCUT2D eigenvalue weighted by Gasteiger charge is -2.25. The summed E-state index contributed by atoms with van der Waals surface area (Å²) in [6.07, 6.45) is 5.38. The van der Waals surface area contributed by atoms with E-state index < -0.39 is 0 Å². The Morgan fingerprint density at radius 2 is 1.86 bits per heavy atom. The fourth-order valence-corrected chi connectivity index (χ4v) is 2.22. The summed E-state index contributed by atoms with van der Waals surface area (Å²) in [4.78, 5) is 2.60. The topological polar surface area (TPSA) is 15.3 Å². The Hall–Kier alpha value is -0.0800. The van der Waals surface area contributed by atoms with Crippen molar-refractivity contribution < 1.29 is 0 Å². The van der Waals surface area contributed by atoms with Crippen LogP contribution in [0.2, 0.25) is 0 Å². The van der Waals surface area contributed by atoms with Crippen molar-refractivity contribution in [1.82, 2.24) is 10.2 Å². The fourth-order valence-electron chi connectivity index (χ4n) is 2.22. The summed E-state index contributed by atoms with van der Waals surface area (Å²) in [5, 5.41) is 3.62. The summed E-state index contributed by atoms with van der Waals surface area (Å²) in [5.74, 6) is 0. The van der Waals surface area contributed by atoms with Gasteiger partial charge in [0.2, 0.25) is 0 Å². The molecule has 0 amide bonds. The number of likely N-dealkylation sites (tertiary alicyclic amines) is 1. The molecule has 0 saturated carbocycles. The number of rotatable bonds is 6. The zero-order valence-electron chi connectivity index (χ0n) is 10.1. The van der Waals surface area contributed by atoms with Crippen LogP contribution < -0.4 is 5.32 Å². The molecule has 0 radical (unpaired) electrons. The van der Waals surface area contributed by atoms with Gasteiger partial charge in [0.25, 0.3) is 0 Å². The average Bonchev–Trinajstić information content (AvgIpc) is 2.67. The highest BCUT2D eigenvalue weighted by molar-refractivity contribution is 4.75. The van der Waals surface area contributed by atoms with Crippen molar-refractivity contribution in [3.8, 4) is 0 Å². The van der Waals surface area contributed by atoms with Crippen molar-refractivity contribution in [3.05, 3.63) is 0 Å². The Morgan fingerprint density at radius 1 is 1.21 bits per heavy atom. The monoisotopic (exact) mass is 198 g/mol. The van der Waals surface area contributed by atoms with E-state index in [1.54, 1.807) is 0 Å². The first-order chi connectivity index (χ1) is 6.74. The van der Waals surface area contributed by atoms with Crippen LogP contribution in [-0.2, 0) is 0 Å². The number of nitrogens with one attached hydrogen (secondary N) is 1. The van der Waals surface area contributed by atoms with Gasteiger partial charge < -0.3 is 5.32 Å². The van der Waals surface area contributed by atoms with Gasteiger partial charge in [0.15, 0.2) is 0 Å². The lowest BCUT2D eigenvalue weighted by molar-refractivity contribution is 0.245. The molecule has 14 heavy (non-hydrogen) atoms. The highest BCUT2D eigenvalue weighted by atomic mass is 15.2. The van der Waals surface area contributed by atoms with Gasteiger partial charge in [-0.25, -0.2) is 0 Å². The molecule has 1 aliphatic heterocycles. The summed E-state index contributed by atoms with van der Waals surface area (Å²) in [6.45, 7) is 10.7. The molecule has 0 spiro atoms. The first-order valence-corrected chi connectivity index (χ1v) is 6.21. The molecular formula is C12H26N2. The van der Waals surface area contributed by atoms with Gasteiger partial charge in [-0.2, -0.15) is 0 Å². The first kappa shape index (κ1) is 12.0. The highest BCUT2D eigenvalue weighted by Gasteiger charge is 2.17. The molecule has 2 heteroatoms. The van der Waals surface area contributed by atoms with E-state index in [1.165, 1.54) is 38.8 Å². The minimum atomic E-state index is 0.685. The Bertz CT molecular complexity index is 141. The van der Waals surface area contributed by atoms with Crippen molar-refractivity contribution in [1.29, 1.82) is 0 Å². The third-order valence-electron chi connectivity index (χ3n) is 3.25. The summed E-state index contributed by atoms with van der Waals surface area (Å²) in [7, 11) is 0. The molecule has 0 aromatic carbocycles. The lowest BCUT2D eigenvalue weighted by Crippen LogP contribution is -2.41. The lowest BCUT2D eigenvalue weighted by atomic mass is 10.2. The molecule has 0 bridgehead atoms. The van der Waals surface area contributed by atoms with Crippen LogP contribution in [-0.4, -0.2) is 36.6 Å². The van der Waals surface area contributed by atoms with E-state index in [4.69, 9.17) is 0 Å². The summed E-state index contributed by atoms with van der Waals surface area (Å²) in [5.41, 5.74) is 0. The molecule has 1 fully saturated rings. The maximum Gasteiger partial charge on any atom is 0.0192 e. The maximum absolute atomic E-state index is 3.62. The highest BCUT2D eigenvalue weighted by Crippen LogP contribution is 2.10. The van der Waals surface area contributed by atoms with Gasteiger partial charge in [0, 0.05) is 18.6 Å². The second kappa shape index (κ2) is 6.41. The molecule has 0 aromatic rings. The van der Waals surface area contributed by atoms with Crippen LogP contribution >= 0.6 is 0 Å². The van der Waals surface area contributed by atoms with E-state index >= 15 is 0 Å². The van der Waals surface area contributed by atoms with Crippen molar-refractivity contribution in [2.45, 2.75) is 58.5 Å². The molecule has 1 saturated heterocycles. The maximum atomic E-state index is 3.62. The van der Waals surface area contributed by atoms with Crippen LogP contribution in [0, 0.1) is 0 Å². The van der Waals surface area contributed by atoms with E-state index in [9.17, 15) is 0 Å². The largest absolute Gasteiger partial charge is 0.313 e. The zero-order valence-corrected chi connectivity index (χ0v) is 10.1. The van der Waals surface area contributed by atoms with Crippen LogP contribution in [0.15, 0.2) is 0 Å². The molecule has 2 atom stereocenters. The molecule has 84 valence electrons. The number of nitrogens with zero attached hydrogens (tertiary/aromatic N) is 1. The fraction of sp³-hybridized carbons (Fsp3) is 1.00. The van der Waals surface area contributed by atoms with Gasteiger partial charge in [0.05, 0.1) is 0 Å². The number of hydrogen-bond acceptors (Lipinski definition) is 2. The smallest absolute Gasteiger partial charge is 0.0192 e. The normalized spacial score (nSPS) is 22.5. The SMILES string of the molecule is CCCC(C)NCC(C)N1CCCC1. The van der Waals surface area contributed by atoms with Gasteiger partial charge in [0.1, 0.15) is 0 Å². The molecule has 0 aromatic heterocycles. The van der Waals surface area contributed by atoms with Gasteiger partial charge in [-0.3, -0.25) is 4.90 Å². The van der Waals surface area contributed by atoms with Gasteiger partial charge in [-0.15, -0.1) is 0 Å². The predicted molar refractivity (Wildman–Crippen MR) is 62.6 cm³/mol. The van der Waals surface area contributed by atoms with Crippen LogP contribution in [0.5, 0.6) is 0 Å². The standard InChI is InChI=1S/C12H26N2/c1-4-7-11(2)13-10-12(3)14-8-5-6-9-14/h11-13H,4-10H2,1-3H3. The van der Waals surface area contributed by atoms with Gasteiger partial charge in [-0.1, -0.05) is 13.3 Å². The van der Waals surface area contributed by atoms with Crippen LogP contribution in [0.1, 0.15) is 46.5 Å². The molecule has 1 heterocycles. The van der Waals surface area contributed by atoms with Crippen molar-refractivity contribution >= 4 is 0 Å². The number of hydrogen-bond donors (Lipinski definition) is 1. The molecular weight excluding hydrogens is 172 g/mol. The van der Waals surface area contributed by atoms with E-state index in [0.717, 1.165) is 12.6 Å². The second-order valence-electron chi connectivity index (χ2n) is 4.69. The molecule has 1 rings (SSSR count). The zero-order chi connectivity index (χ0) is 10.4. The summed E-state index contributed by atoms with van der Waals surface area (Å²) >= 11 is 0. The van der Waals surface area contributed by atoms with Crippen molar-refractivity contribution in [2.75, 3.05) is 19.6 Å². The molecule has 1 N–H and O–H groups in total. The molecule has 2 nitrogen and oxygen atoms in total. The first-order valence-electron chi connectivity index (χ1n) is 6.21. The Labute approximate surface area is 89.1 Å². The van der Waals surface area contributed by atoms with Crippen LogP contribution in [0.25, 0.3) is 0 Å². The van der Waals surface area contributed by atoms with E-state index in [1.807, 2.05) is 0 Å². The van der Waals surface area contributed by atoms with Crippen molar-refractivity contribution in [3.63, 3.8) is 0 Å². The Morgan fingerprint density at radius 3 is 2.43 bits per heavy atom. The van der Waals surface area contributed by atoms with E-state index in [-0.39, 0.29) is 0 Å². The second-order valence-corrected chi connectivity index (χ2v) is 4.69. The summed E-state index contributed by atoms with van der Waals surface area (Å²) < 4.78 is 0. The minimum absolute atomic E-state index is 0.685. The van der Waals surface area contributed by atoms with Gasteiger partial charge >= 0.3 is 0 Å². The molecule has 1 aliphatic rings. The van der Waals surface area contributed by atoms with Crippen LogP contribution in [0.4, 0.5) is 0 Å². The minimum Gasteiger partial charge on any atom is -0.313 e. The quantitative estimate of drug-likeness (QED) is 0.704.